The van der Waals surface area contributed by atoms with Gasteiger partial charge in [-0.25, -0.2) is 0 Å². The van der Waals surface area contributed by atoms with E-state index in [4.69, 9.17) is 9.47 Å². The average molecular weight is 282 g/mol. The Bertz CT molecular complexity index is 460. The maximum absolute atomic E-state index is 6.20. The van der Waals surface area contributed by atoms with Gasteiger partial charge in [-0.15, -0.1) is 11.3 Å². The lowest BCUT2D eigenvalue weighted by Crippen LogP contribution is -2.29. The van der Waals surface area contributed by atoms with Crippen LogP contribution >= 0.6 is 11.3 Å². The number of fused-ring (bicyclic) bond motifs is 1. The predicted octanol–water partition coefficient (Wildman–Crippen LogP) is 4.89. The van der Waals surface area contributed by atoms with Crippen LogP contribution in [-0.4, -0.2) is 12.7 Å². The van der Waals surface area contributed by atoms with Crippen molar-refractivity contribution in [3.05, 3.63) is 9.75 Å². The molecule has 1 aromatic rings. The molecule has 0 saturated carbocycles. The van der Waals surface area contributed by atoms with E-state index in [2.05, 4.69) is 48.5 Å². The molecule has 0 saturated heterocycles. The summed E-state index contributed by atoms with van der Waals surface area (Å²) in [5.41, 5.74) is 0.192. The number of hydrogen-bond acceptors (Lipinski definition) is 3. The molecule has 0 bridgehead atoms. The zero-order valence-electron chi connectivity index (χ0n) is 13.2. The van der Waals surface area contributed by atoms with Gasteiger partial charge in [0.2, 0.25) is 0 Å². The summed E-state index contributed by atoms with van der Waals surface area (Å²) in [5, 5.41) is 0. The van der Waals surface area contributed by atoms with Gasteiger partial charge in [-0.1, -0.05) is 48.5 Å². The van der Waals surface area contributed by atoms with Crippen LogP contribution in [-0.2, 0) is 10.8 Å². The van der Waals surface area contributed by atoms with Crippen molar-refractivity contribution in [1.82, 2.24) is 0 Å². The van der Waals surface area contributed by atoms with E-state index in [9.17, 15) is 0 Å². The van der Waals surface area contributed by atoms with Crippen molar-refractivity contribution in [2.75, 3.05) is 6.61 Å². The molecule has 0 amide bonds. The van der Waals surface area contributed by atoms with E-state index in [1.165, 1.54) is 9.75 Å². The van der Waals surface area contributed by atoms with Crippen molar-refractivity contribution in [1.29, 1.82) is 0 Å². The Hall–Kier alpha value is -0.700. The fourth-order valence-electron chi connectivity index (χ4n) is 2.20. The van der Waals surface area contributed by atoms with Gasteiger partial charge in [-0.2, -0.15) is 0 Å². The summed E-state index contributed by atoms with van der Waals surface area (Å²) >= 11 is 1.85. The number of ether oxygens (including phenoxy) is 2. The topological polar surface area (TPSA) is 18.5 Å². The minimum atomic E-state index is 0.0945. The molecule has 0 N–H and O–H groups in total. The van der Waals surface area contributed by atoms with Gasteiger partial charge < -0.3 is 9.47 Å². The van der Waals surface area contributed by atoms with Crippen LogP contribution < -0.4 is 9.47 Å². The van der Waals surface area contributed by atoms with E-state index in [1.54, 1.807) is 0 Å². The SMILES string of the molecule is CCC1COc2c(C(C)(C)C)sc(C(C)(C)C)c2O1. The summed E-state index contributed by atoms with van der Waals surface area (Å²) in [7, 11) is 0. The molecule has 2 heterocycles. The van der Waals surface area contributed by atoms with Crippen LogP contribution in [0.2, 0.25) is 0 Å². The molecule has 0 radical (unpaired) electrons. The van der Waals surface area contributed by atoms with E-state index in [1.807, 2.05) is 11.3 Å². The molecule has 2 nitrogen and oxygen atoms in total. The van der Waals surface area contributed by atoms with Crippen molar-refractivity contribution in [2.24, 2.45) is 0 Å². The van der Waals surface area contributed by atoms with Gasteiger partial charge >= 0.3 is 0 Å². The summed E-state index contributed by atoms with van der Waals surface area (Å²) in [5.74, 6) is 1.99. The molecule has 1 aliphatic rings. The molecule has 0 spiro atoms. The highest BCUT2D eigenvalue weighted by Gasteiger charge is 2.36. The van der Waals surface area contributed by atoms with Crippen LogP contribution in [0.25, 0.3) is 0 Å². The Morgan fingerprint density at radius 2 is 1.53 bits per heavy atom. The van der Waals surface area contributed by atoms with Gasteiger partial charge in [0, 0.05) is 10.8 Å². The molecule has 2 rings (SSSR count). The predicted molar refractivity (Wildman–Crippen MR) is 81.9 cm³/mol. The Balaban J connectivity index is 2.55. The quantitative estimate of drug-likeness (QED) is 0.730. The summed E-state index contributed by atoms with van der Waals surface area (Å²) in [6.07, 6.45) is 1.18. The molecule has 3 heteroatoms. The van der Waals surface area contributed by atoms with Crippen molar-refractivity contribution in [3.8, 4) is 11.5 Å². The second-order valence-corrected chi connectivity index (χ2v) is 8.40. The Kier molecular flexibility index (Phi) is 3.63. The van der Waals surface area contributed by atoms with Crippen LogP contribution in [0.3, 0.4) is 0 Å². The minimum absolute atomic E-state index is 0.0945. The highest BCUT2D eigenvalue weighted by atomic mass is 32.1. The molecule has 1 atom stereocenters. The summed E-state index contributed by atoms with van der Waals surface area (Å²) in [6, 6.07) is 0. The van der Waals surface area contributed by atoms with Gasteiger partial charge in [0.15, 0.2) is 11.5 Å². The lowest BCUT2D eigenvalue weighted by atomic mass is 9.91. The lowest BCUT2D eigenvalue weighted by molar-refractivity contribution is 0.0861. The number of thiophene rings is 1. The first-order valence-corrected chi connectivity index (χ1v) is 7.93. The van der Waals surface area contributed by atoms with Crippen molar-refractivity contribution in [2.45, 2.75) is 71.8 Å². The molecular formula is C16H26O2S. The van der Waals surface area contributed by atoms with E-state index >= 15 is 0 Å². The Labute approximate surface area is 121 Å². The molecule has 1 aliphatic heterocycles. The number of hydrogen-bond donors (Lipinski definition) is 0. The summed E-state index contributed by atoms with van der Waals surface area (Å²) in [6.45, 7) is 16.3. The van der Waals surface area contributed by atoms with Gasteiger partial charge in [0.25, 0.3) is 0 Å². The average Bonchev–Trinajstić information content (AvgIpc) is 2.66. The third kappa shape index (κ3) is 2.76. The highest BCUT2D eigenvalue weighted by molar-refractivity contribution is 7.13. The van der Waals surface area contributed by atoms with E-state index in [-0.39, 0.29) is 16.9 Å². The van der Waals surface area contributed by atoms with Gasteiger partial charge in [0.05, 0.1) is 9.75 Å². The lowest BCUT2D eigenvalue weighted by Gasteiger charge is -2.28. The normalized spacial score (nSPS) is 19.6. The van der Waals surface area contributed by atoms with Crippen molar-refractivity contribution < 1.29 is 9.47 Å². The monoisotopic (exact) mass is 282 g/mol. The molecule has 1 aromatic heterocycles. The zero-order valence-corrected chi connectivity index (χ0v) is 14.0. The Morgan fingerprint density at radius 1 is 1.00 bits per heavy atom. The molecule has 0 fully saturated rings. The van der Waals surface area contributed by atoms with Gasteiger partial charge in [-0.3, -0.25) is 0 Å². The molecule has 108 valence electrons. The summed E-state index contributed by atoms with van der Waals surface area (Å²) in [4.78, 5) is 2.62. The van der Waals surface area contributed by atoms with Crippen molar-refractivity contribution >= 4 is 11.3 Å². The largest absolute Gasteiger partial charge is 0.485 e. The van der Waals surface area contributed by atoms with Gasteiger partial charge in [0.1, 0.15) is 12.7 Å². The molecule has 1 unspecified atom stereocenters. The van der Waals surface area contributed by atoms with E-state index in [0.29, 0.717) is 6.61 Å². The highest BCUT2D eigenvalue weighted by Crippen LogP contribution is 2.53. The standard InChI is InChI=1S/C16H26O2S/c1-8-10-9-17-11-12(18-10)14(16(5,6)7)19-13(11)15(2,3)4/h10H,8-9H2,1-7H3. The van der Waals surface area contributed by atoms with E-state index in [0.717, 1.165) is 17.9 Å². The first-order valence-electron chi connectivity index (χ1n) is 7.11. The fraction of sp³-hybridized carbons (Fsp3) is 0.750. The first kappa shape index (κ1) is 14.7. The molecule has 19 heavy (non-hydrogen) atoms. The maximum atomic E-state index is 6.20. The van der Waals surface area contributed by atoms with Crippen LogP contribution in [0, 0.1) is 0 Å². The van der Waals surface area contributed by atoms with Gasteiger partial charge in [-0.05, 0) is 6.42 Å². The fourth-order valence-corrected chi connectivity index (χ4v) is 3.50. The third-order valence-corrected chi connectivity index (χ3v) is 5.34. The smallest absolute Gasteiger partial charge is 0.176 e. The van der Waals surface area contributed by atoms with E-state index < -0.39 is 0 Å². The minimum Gasteiger partial charge on any atom is -0.485 e. The number of rotatable bonds is 1. The Morgan fingerprint density at radius 3 is 2.00 bits per heavy atom. The molecular weight excluding hydrogens is 256 g/mol. The van der Waals surface area contributed by atoms with Crippen LogP contribution in [0.1, 0.15) is 64.6 Å². The zero-order chi connectivity index (χ0) is 14.4. The maximum Gasteiger partial charge on any atom is 0.176 e. The van der Waals surface area contributed by atoms with Crippen LogP contribution in [0.5, 0.6) is 11.5 Å². The third-order valence-electron chi connectivity index (χ3n) is 3.34. The molecule has 0 aromatic carbocycles. The second-order valence-electron chi connectivity index (χ2n) is 7.38. The molecule has 0 aliphatic carbocycles. The van der Waals surface area contributed by atoms with Crippen molar-refractivity contribution in [3.63, 3.8) is 0 Å². The van der Waals surface area contributed by atoms with Crippen LogP contribution in [0.4, 0.5) is 0 Å². The van der Waals surface area contributed by atoms with Crippen LogP contribution in [0.15, 0.2) is 0 Å². The summed E-state index contributed by atoms with van der Waals surface area (Å²) < 4.78 is 12.2. The second kappa shape index (κ2) is 4.69. The first-order chi connectivity index (χ1) is 8.64.